The molecule has 3 rings (SSSR count). The molecule has 2 N–H and O–H groups in total. The molecule has 2 heterocycles. The van der Waals surface area contributed by atoms with Crippen molar-refractivity contribution in [1.82, 2.24) is 14.8 Å². The third-order valence-corrected chi connectivity index (χ3v) is 4.22. The van der Waals surface area contributed by atoms with E-state index in [4.69, 9.17) is 0 Å². The van der Waals surface area contributed by atoms with Crippen LogP contribution < -0.4 is 5.69 Å². The van der Waals surface area contributed by atoms with E-state index in [0.717, 1.165) is 25.5 Å². The summed E-state index contributed by atoms with van der Waals surface area (Å²) in [6.45, 7) is 0. The van der Waals surface area contributed by atoms with Gasteiger partial charge in [-0.2, -0.15) is 4.68 Å². The van der Waals surface area contributed by atoms with E-state index >= 15 is 0 Å². The average Bonchev–Trinajstić information content (AvgIpc) is 2.99. The van der Waals surface area contributed by atoms with Gasteiger partial charge in [-0.1, -0.05) is 0 Å². The van der Waals surface area contributed by atoms with Gasteiger partial charge in [0, 0.05) is 6.07 Å². The standard InChI is InChI=1S/C12H7BrFN3O2S/c13-10-4-3-9(20-10)11-15-12(19)17(16-11)7-5-6(14)1-2-8(7)18/h1-5,18H,(H,15,16,19). The smallest absolute Gasteiger partial charge is 0.348 e. The molecule has 0 aliphatic heterocycles. The quantitative estimate of drug-likeness (QED) is 0.742. The van der Waals surface area contributed by atoms with Crippen molar-refractivity contribution in [2.45, 2.75) is 0 Å². The van der Waals surface area contributed by atoms with E-state index in [2.05, 4.69) is 26.0 Å². The molecule has 5 nitrogen and oxygen atoms in total. The van der Waals surface area contributed by atoms with Gasteiger partial charge in [-0.15, -0.1) is 16.4 Å². The number of phenols is 1. The van der Waals surface area contributed by atoms with Crippen molar-refractivity contribution in [2.24, 2.45) is 0 Å². The second kappa shape index (κ2) is 4.88. The summed E-state index contributed by atoms with van der Waals surface area (Å²) in [6.07, 6.45) is 0. The molecule has 0 fully saturated rings. The fourth-order valence-electron chi connectivity index (χ4n) is 1.71. The maximum Gasteiger partial charge on any atom is 0.348 e. The fourth-order valence-corrected chi connectivity index (χ4v) is 3.03. The van der Waals surface area contributed by atoms with Crippen LogP contribution in [-0.2, 0) is 0 Å². The normalized spacial score (nSPS) is 10.9. The highest BCUT2D eigenvalue weighted by Gasteiger charge is 2.14. The lowest BCUT2D eigenvalue weighted by Gasteiger charge is -2.02. The lowest BCUT2D eigenvalue weighted by atomic mass is 10.3. The van der Waals surface area contributed by atoms with Gasteiger partial charge >= 0.3 is 5.69 Å². The monoisotopic (exact) mass is 355 g/mol. The molecule has 0 amide bonds. The molecular formula is C12H7BrFN3O2S. The summed E-state index contributed by atoms with van der Waals surface area (Å²) in [5.41, 5.74) is -0.557. The van der Waals surface area contributed by atoms with Crippen LogP contribution in [0.5, 0.6) is 5.75 Å². The molecule has 0 aliphatic carbocycles. The van der Waals surface area contributed by atoms with Gasteiger partial charge in [0.2, 0.25) is 0 Å². The first-order valence-corrected chi connectivity index (χ1v) is 7.09. The number of aromatic nitrogens is 3. The minimum Gasteiger partial charge on any atom is -0.506 e. The molecule has 8 heteroatoms. The molecule has 0 unspecified atom stereocenters. The van der Waals surface area contributed by atoms with E-state index in [0.29, 0.717) is 5.82 Å². The highest BCUT2D eigenvalue weighted by atomic mass is 79.9. The Labute approximate surface area is 124 Å². The number of halogens is 2. The molecule has 0 saturated heterocycles. The van der Waals surface area contributed by atoms with E-state index in [-0.39, 0.29) is 11.4 Å². The Kier molecular flexibility index (Phi) is 3.19. The van der Waals surface area contributed by atoms with Gasteiger partial charge in [0.1, 0.15) is 17.3 Å². The molecular weight excluding hydrogens is 349 g/mol. The SMILES string of the molecule is O=c1[nH]c(-c2ccc(Br)s2)nn1-c1cc(F)ccc1O. The predicted octanol–water partition coefficient (Wildman–Crippen LogP) is 2.90. The summed E-state index contributed by atoms with van der Waals surface area (Å²) in [5.74, 6) is -0.429. The Morgan fingerprint density at radius 1 is 1.35 bits per heavy atom. The van der Waals surface area contributed by atoms with Gasteiger partial charge in [-0.25, -0.2) is 9.18 Å². The van der Waals surface area contributed by atoms with Gasteiger partial charge in [-0.3, -0.25) is 4.98 Å². The first kappa shape index (κ1) is 13.1. The predicted molar refractivity (Wildman–Crippen MR) is 76.8 cm³/mol. The Morgan fingerprint density at radius 2 is 2.15 bits per heavy atom. The molecule has 0 aliphatic rings. The van der Waals surface area contributed by atoms with Crippen LogP contribution in [0.1, 0.15) is 0 Å². The minimum absolute atomic E-state index is 0.00637. The molecule has 0 spiro atoms. The first-order chi connectivity index (χ1) is 9.54. The van der Waals surface area contributed by atoms with E-state index < -0.39 is 11.5 Å². The molecule has 0 atom stereocenters. The number of aromatic hydroxyl groups is 1. The van der Waals surface area contributed by atoms with Gasteiger partial charge < -0.3 is 5.11 Å². The maximum absolute atomic E-state index is 13.2. The number of hydrogen-bond donors (Lipinski definition) is 2. The van der Waals surface area contributed by atoms with E-state index in [1.54, 1.807) is 6.07 Å². The third-order valence-electron chi connectivity index (χ3n) is 2.59. The number of rotatable bonds is 2. The molecule has 102 valence electrons. The number of benzene rings is 1. The van der Waals surface area contributed by atoms with Crippen LogP contribution in [0.15, 0.2) is 38.9 Å². The minimum atomic E-state index is -0.562. The molecule has 0 saturated carbocycles. The molecule has 1 aromatic carbocycles. The van der Waals surface area contributed by atoms with Crippen LogP contribution in [0.2, 0.25) is 0 Å². The molecule has 0 bridgehead atoms. The van der Waals surface area contributed by atoms with Crippen LogP contribution in [0.25, 0.3) is 16.4 Å². The summed E-state index contributed by atoms with van der Waals surface area (Å²) < 4.78 is 15.1. The third kappa shape index (κ3) is 2.27. The number of thiophene rings is 1. The van der Waals surface area contributed by atoms with E-state index in [1.807, 2.05) is 6.07 Å². The summed E-state index contributed by atoms with van der Waals surface area (Å²) in [5, 5.41) is 13.8. The van der Waals surface area contributed by atoms with Crippen molar-refractivity contribution < 1.29 is 9.50 Å². The van der Waals surface area contributed by atoms with Crippen molar-refractivity contribution in [2.75, 3.05) is 0 Å². The summed E-state index contributed by atoms with van der Waals surface area (Å²) in [6, 6.07) is 6.95. The zero-order valence-corrected chi connectivity index (χ0v) is 12.2. The average molecular weight is 356 g/mol. The zero-order valence-electron chi connectivity index (χ0n) is 9.80. The van der Waals surface area contributed by atoms with Crippen LogP contribution in [-0.4, -0.2) is 19.9 Å². The van der Waals surface area contributed by atoms with Gasteiger partial charge in [-0.05, 0) is 40.2 Å². The van der Waals surface area contributed by atoms with E-state index in [9.17, 15) is 14.3 Å². The van der Waals surface area contributed by atoms with Gasteiger partial charge in [0.05, 0.1) is 8.66 Å². The number of nitrogens with one attached hydrogen (secondary N) is 1. The highest BCUT2D eigenvalue weighted by molar-refractivity contribution is 9.11. The van der Waals surface area contributed by atoms with Crippen LogP contribution in [0.4, 0.5) is 4.39 Å². The lowest BCUT2D eigenvalue weighted by Crippen LogP contribution is -2.16. The highest BCUT2D eigenvalue weighted by Crippen LogP contribution is 2.29. The van der Waals surface area contributed by atoms with Crippen molar-refractivity contribution in [3.63, 3.8) is 0 Å². The largest absolute Gasteiger partial charge is 0.506 e. The summed E-state index contributed by atoms with van der Waals surface area (Å²) >= 11 is 4.72. The van der Waals surface area contributed by atoms with E-state index in [1.165, 1.54) is 17.4 Å². The van der Waals surface area contributed by atoms with Crippen LogP contribution in [0, 0.1) is 5.82 Å². The van der Waals surface area contributed by atoms with Crippen molar-refractivity contribution >= 4 is 27.3 Å². The fraction of sp³-hybridized carbons (Fsp3) is 0. The molecule has 3 aromatic rings. The number of phenolic OH excluding ortho intramolecular Hbond substituents is 1. The van der Waals surface area contributed by atoms with Crippen LogP contribution in [0.3, 0.4) is 0 Å². The second-order valence-corrected chi connectivity index (χ2v) is 6.39. The Bertz CT molecular complexity index is 839. The number of hydrogen-bond acceptors (Lipinski definition) is 4. The lowest BCUT2D eigenvalue weighted by molar-refractivity contribution is 0.467. The van der Waals surface area contributed by atoms with Crippen molar-refractivity contribution in [1.29, 1.82) is 0 Å². The number of nitrogens with zero attached hydrogens (tertiary/aromatic N) is 2. The van der Waals surface area contributed by atoms with Crippen LogP contribution >= 0.6 is 27.3 Å². The van der Waals surface area contributed by atoms with Crippen molar-refractivity contribution in [3.05, 3.63) is 50.4 Å². The molecule has 0 radical (unpaired) electrons. The molecule has 20 heavy (non-hydrogen) atoms. The zero-order chi connectivity index (χ0) is 14.3. The summed E-state index contributed by atoms with van der Waals surface area (Å²) in [4.78, 5) is 15.2. The second-order valence-electron chi connectivity index (χ2n) is 3.93. The maximum atomic E-state index is 13.2. The van der Waals surface area contributed by atoms with Gasteiger partial charge in [0.15, 0.2) is 5.82 Å². The topological polar surface area (TPSA) is 70.9 Å². The number of aromatic amines is 1. The molecule has 2 aromatic heterocycles. The van der Waals surface area contributed by atoms with Gasteiger partial charge in [0.25, 0.3) is 0 Å². The first-order valence-electron chi connectivity index (χ1n) is 5.48. The Balaban J connectivity index is 2.14. The van der Waals surface area contributed by atoms with Crippen molar-refractivity contribution in [3.8, 4) is 22.1 Å². The number of H-pyrrole nitrogens is 1. The summed E-state index contributed by atoms with van der Waals surface area (Å²) in [7, 11) is 0. The Hall–Kier alpha value is -1.93. The Morgan fingerprint density at radius 3 is 2.85 bits per heavy atom.